The lowest BCUT2D eigenvalue weighted by Gasteiger charge is -2.71. The second kappa shape index (κ2) is 22.2. The summed E-state index contributed by atoms with van der Waals surface area (Å²) < 4.78 is 40.3. The smallest absolute Gasteiger partial charge is 0.317 e. The van der Waals surface area contributed by atoms with E-state index in [0.29, 0.717) is 44.9 Å². The summed E-state index contributed by atoms with van der Waals surface area (Å²) in [5, 5.41) is 153. The first-order chi connectivity index (χ1) is 36.6. The average Bonchev–Trinajstić information content (AvgIpc) is 3.10. The summed E-state index contributed by atoms with van der Waals surface area (Å²) in [6, 6.07) is 0. The highest BCUT2D eigenvalue weighted by Gasteiger charge is 2.73. The molecule has 3 saturated heterocycles. The molecule has 0 unspecified atom stereocenters. The number of hydrogen-bond donors (Lipinski definition) is 14. The number of fused-ring (bicyclic) bond motifs is 7. The largest absolute Gasteiger partial charge is 0.481 e. The third-order valence-electron chi connectivity index (χ3n) is 20.7. The molecule has 8 aliphatic rings. The van der Waals surface area contributed by atoms with Crippen LogP contribution >= 0.6 is 0 Å². The van der Waals surface area contributed by atoms with Crippen LogP contribution in [0.3, 0.4) is 0 Å². The Balaban J connectivity index is 1.07. The van der Waals surface area contributed by atoms with Crippen LogP contribution in [0.5, 0.6) is 0 Å². The summed E-state index contributed by atoms with van der Waals surface area (Å²) in [4.78, 5) is 52.2. The van der Waals surface area contributed by atoms with Crippen molar-refractivity contribution in [2.24, 2.45) is 50.2 Å². The zero-order chi connectivity index (χ0) is 58.5. The molecule has 3 heterocycles. The Bertz CT molecular complexity index is 2290. The van der Waals surface area contributed by atoms with E-state index in [1.54, 1.807) is 6.92 Å². The summed E-state index contributed by atoms with van der Waals surface area (Å²) in [7, 11) is 0. The highest BCUT2D eigenvalue weighted by atomic mass is 16.8. The quantitative estimate of drug-likeness (QED) is 0.0645. The van der Waals surface area contributed by atoms with Crippen LogP contribution in [0.1, 0.15) is 119 Å². The predicted molar refractivity (Wildman–Crippen MR) is 265 cm³/mol. The number of aliphatic hydroxyl groups is 12. The highest BCUT2D eigenvalue weighted by molar-refractivity contribution is 5.80. The minimum absolute atomic E-state index is 0.0589. The van der Waals surface area contributed by atoms with E-state index in [0.717, 1.165) is 12.5 Å². The maximum absolute atomic E-state index is 15.5. The van der Waals surface area contributed by atoms with Gasteiger partial charge in [-0.1, -0.05) is 46.3 Å². The number of carbonyl (C=O) groups is 4. The normalized spacial score (nSPS) is 49.3. The van der Waals surface area contributed by atoms with Crippen molar-refractivity contribution in [1.82, 2.24) is 0 Å². The van der Waals surface area contributed by atoms with Gasteiger partial charge in [0.05, 0.1) is 49.3 Å². The minimum Gasteiger partial charge on any atom is -0.481 e. The van der Waals surface area contributed by atoms with E-state index in [4.69, 9.17) is 38.3 Å². The molecule has 0 radical (unpaired) electrons. The Labute approximate surface area is 457 Å². The third-order valence-corrected chi connectivity index (χ3v) is 20.7. The van der Waals surface area contributed by atoms with E-state index in [9.17, 15) is 80.8 Å². The summed E-state index contributed by atoms with van der Waals surface area (Å²) in [5.41, 5.74) is -6.18. The first-order valence-corrected chi connectivity index (χ1v) is 27.5. The third kappa shape index (κ3) is 10.6. The van der Waals surface area contributed by atoms with E-state index >= 15 is 4.79 Å². The molecule has 0 spiro atoms. The molecular formula is C54H84O25. The number of aliphatic carboxylic acids is 2. The molecule has 25 heteroatoms. The fourth-order valence-electron chi connectivity index (χ4n) is 15.8. The molecule has 4 saturated carbocycles. The van der Waals surface area contributed by atoms with Crippen LogP contribution in [0.2, 0.25) is 0 Å². The molecular weight excluding hydrogens is 1050 g/mol. The Morgan fingerprint density at radius 1 is 0.658 bits per heavy atom. The average molecular weight is 1130 g/mol. The molecule has 450 valence electrons. The summed E-state index contributed by atoms with van der Waals surface area (Å²) in [6.07, 6.45) is -26.9. The SMILES string of the molecule is CC1(C)CC[C@]2(C(=O)O[C@@H]3O[C@H](CO[C@@H]4O[C@H](COC(=O)C[C@](C)(O)CC(=O)O)[C@@H](O)[C@H](O)[C@H]4O)[C@@H](O)[C@H](O[C@H]4O[C@H](CO)[C@@H](O)[C@H](O)[C@H]4O)[C@H]3O)[C@H](O)C[C@]3(C)C(=CC[C@@H]4[C@@]5(C)CC[C@H](O)[C@@](C)(C(=O)O)[C@@H]5CC[C@]43C)[C@@H]2C1. The van der Waals surface area contributed by atoms with Crippen molar-refractivity contribution >= 4 is 23.9 Å². The van der Waals surface area contributed by atoms with Gasteiger partial charge in [-0.3, -0.25) is 19.2 Å². The monoisotopic (exact) mass is 1130 g/mol. The van der Waals surface area contributed by atoms with Gasteiger partial charge in [0.25, 0.3) is 0 Å². The summed E-state index contributed by atoms with van der Waals surface area (Å²) in [5.74, 6) is -5.55. The first kappa shape index (κ1) is 62.0. The lowest BCUT2D eigenvalue weighted by atomic mass is 9.33. The molecule has 0 aromatic carbocycles. The fraction of sp³-hybridized carbons (Fsp3) is 0.889. The first-order valence-electron chi connectivity index (χ1n) is 27.5. The molecule has 14 N–H and O–H groups in total. The van der Waals surface area contributed by atoms with Gasteiger partial charge in [0.1, 0.15) is 85.3 Å². The van der Waals surface area contributed by atoms with Gasteiger partial charge in [0.2, 0.25) is 6.29 Å². The zero-order valence-corrected chi connectivity index (χ0v) is 45.8. The van der Waals surface area contributed by atoms with Crippen molar-refractivity contribution in [3.05, 3.63) is 11.6 Å². The van der Waals surface area contributed by atoms with Gasteiger partial charge in [-0.15, -0.1) is 0 Å². The van der Waals surface area contributed by atoms with Crippen molar-refractivity contribution in [3.63, 3.8) is 0 Å². The molecule has 26 atom stereocenters. The molecule has 0 bridgehead atoms. The Morgan fingerprint density at radius 3 is 1.90 bits per heavy atom. The number of ether oxygens (including phenoxy) is 7. The van der Waals surface area contributed by atoms with Crippen LogP contribution in [0.4, 0.5) is 0 Å². The van der Waals surface area contributed by atoms with Gasteiger partial charge < -0.3 is 105 Å². The topological polar surface area (TPSA) is 416 Å². The van der Waals surface area contributed by atoms with Crippen molar-refractivity contribution in [2.45, 2.75) is 229 Å². The molecule has 8 rings (SSSR count). The summed E-state index contributed by atoms with van der Waals surface area (Å²) in [6.45, 7) is 10.8. The van der Waals surface area contributed by atoms with E-state index < -0.39 is 199 Å². The molecule has 7 fully saturated rings. The van der Waals surface area contributed by atoms with Crippen LogP contribution in [-0.4, -0.2) is 225 Å². The van der Waals surface area contributed by atoms with Crippen LogP contribution in [0, 0.1) is 50.2 Å². The van der Waals surface area contributed by atoms with Crippen molar-refractivity contribution in [3.8, 4) is 0 Å². The Morgan fingerprint density at radius 2 is 1.27 bits per heavy atom. The van der Waals surface area contributed by atoms with Crippen molar-refractivity contribution in [1.29, 1.82) is 0 Å². The molecule has 79 heavy (non-hydrogen) atoms. The van der Waals surface area contributed by atoms with Crippen LogP contribution in [0.15, 0.2) is 11.6 Å². The standard InChI is InChI=1S/C54H84O25/c1-48(2)14-15-54(24(16-48)23-8-9-28-50(4)12-11-30(56)53(7,46(69)70)29(50)10-13-51(28,5)52(23,6)17-31(54)57)47(71)79-45-41(68)42(78-44-40(67)37(64)34(61)25(20-55)75-44)36(63)27(77-45)22-74-43-39(66)38(65)35(62)26(76-43)21-73-33(60)19-49(3,72)18-32(58)59/h8,24-31,34-45,55-57,61-68,72H,9-22H2,1-7H3,(H,58,59)(H,69,70)/t24-,25+,26+,27+,28+,29+,30-,31+,34+,35+,36+,37-,38-,39+,40+,41+,42-,43+,44+,45-,49+,50+,51+,52+,53-,54+/m0/s1. The Hall–Kier alpha value is -3.06. The van der Waals surface area contributed by atoms with Crippen LogP contribution in [0.25, 0.3) is 0 Å². The van der Waals surface area contributed by atoms with E-state index in [-0.39, 0.29) is 30.1 Å². The second-order valence-corrected chi connectivity index (χ2v) is 26.1. The molecule has 0 amide bonds. The van der Waals surface area contributed by atoms with Gasteiger partial charge in [-0.2, -0.15) is 0 Å². The maximum atomic E-state index is 15.5. The molecule has 0 aromatic rings. The number of carboxylic acid groups (broad SMARTS) is 2. The lowest BCUT2D eigenvalue weighted by molar-refractivity contribution is -0.363. The fourth-order valence-corrected chi connectivity index (χ4v) is 15.8. The maximum Gasteiger partial charge on any atom is 0.317 e. The number of allylic oxidation sites excluding steroid dienone is 2. The van der Waals surface area contributed by atoms with E-state index in [2.05, 4.69) is 40.7 Å². The molecule has 5 aliphatic carbocycles. The minimum atomic E-state index is -2.15. The van der Waals surface area contributed by atoms with E-state index in [1.807, 2.05) is 0 Å². The number of rotatable bonds is 15. The van der Waals surface area contributed by atoms with Crippen molar-refractivity contribution in [2.75, 3.05) is 19.8 Å². The van der Waals surface area contributed by atoms with Gasteiger partial charge in [0.15, 0.2) is 12.6 Å². The number of carboxylic acids is 2. The lowest BCUT2D eigenvalue weighted by Crippen LogP contribution is -2.69. The number of esters is 2. The number of aliphatic hydroxyl groups excluding tert-OH is 11. The van der Waals surface area contributed by atoms with Crippen LogP contribution < -0.4 is 0 Å². The van der Waals surface area contributed by atoms with Gasteiger partial charge >= 0.3 is 23.9 Å². The molecule has 0 aromatic heterocycles. The number of carbonyl (C=O) groups excluding carboxylic acids is 2. The number of hydrogen-bond acceptors (Lipinski definition) is 23. The zero-order valence-electron chi connectivity index (χ0n) is 45.8. The predicted octanol–water partition coefficient (Wildman–Crippen LogP) is -1.66. The molecule has 3 aliphatic heterocycles. The van der Waals surface area contributed by atoms with Gasteiger partial charge in [-0.25, -0.2) is 0 Å². The summed E-state index contributed by atoms with van der Waals surface area (Å²) >= 11 is 0. The molecule has 25 nitrogen and oxygen atoms in total. The second-order valence-electron chi connectivity index (χ2n) is 26.1. The van der Waals surface area contributed by atoms with Gasteiger partial charge in [-0.05, 0) is 111 Å². The van der Waals surface area contributed by atoms with E-state index in [1.165, 1.54) is 0 Å². The van der Waals surface area contributed by atoms with Gasteiger partial charge in [0, 0.05) is 0 Å². The Kier molecular flexibility index (Phi) is 17.4. The van der Waals surface area contributed by atoms with Crippen molar-refractivity contribution < 1.29 is 124 Å². The van der Waals surface area contributed by atoms with Crippen LogP contribution in [-0.2, 0) is 52.3 Å². The highest BCUT2D eigenvalue weighted by Crippen LogP contribution is 2.76.